The fourth-order valence-corrected chi connectivity index (χ4v) is 2.47. The van der Waals surface area contributed by atoms with Gasteiger partial charge >= 0.3 is 0 Å². The van der Waals surface area contributed by atoms with Crippen LogP contribution in [0.5, 0.6) is 11.5 Å². The highest BCUT2D eigenvalue weighted by molar-refractivity contribution is 6.32. The predicted octanol–water partition coefficient (Wildman–Crippen LogP) is 4.82. The zero-order valence-corrected chi connectivity index (χ0v) is 16.1. The number of ether oxygens (including phenoxy) is 2. The first-order valence-corrected chi connectivity index (χ1v) is 8.96. The number of benzene rings is 2. The van der Waals surface area contributed by atoms with Crippen LogP contribution in [0.3, 0.4) is 0 Å². The number of carbonyl (C=O) groups is 1. The Kier molecular flexibility index (Phi) is 7.60. The highest BCUT2D eigenvalue weighted by Gasteiger charge is 2.05. The minimum atomic E-state index is -0.148. The van der Waals surface area contributed by atoms with Gasteiger partial charge < -0.3 is 20.1 Å². The van der Waals surface area contributed by atoms with Gasteiger partial charge in [0.1, 0.15) is 11.5 Å². The quantitative estimate of drug-likeness (QED) is 0.658. The number of amides is 1. The number of nitrogens with one attached hydrogen (secondary N) is 2. The van der Waals surface area contributed by atoms with Crippen molar-refractivity contribution in [2.24, 2.45) is 5.92 Å². The van der Waals surface area contributed by atoms with E-state index in [9.17, 15) is 4.79 Å². The molecular weight excluding hydrogens is 352 g/mol. The number of hydrogen-bond acceptors (Lipinski definition) is 4. The van der Waals surface area contributed by atoms with Gasteiger partial charge in [-0.15, -0.1) is 0 Å². The lowest BCUT2D eigenvalue weighted by atomic mass is 10.1. The molecule has 0 fully saturated rings. The summed E-state index contributed by atoms with van der Waals surface area (Å²) in [5, 5.41) is 6.36. The van der Waals surface area contributed by atoms with Gasteiger partial charge in [-0.05, 0) is 54.8 Å². The summed E-state index contributed by atoms with van der Waals surface area (Å²) in [6.45, 7) is 5.15. The van der Waals surface area contributed by atoms with E-state index in [4.69, 9.17) is 21.1 Å². The van der Waals surface area contributed by atoms with Crippen molar-refractivity contribution in [3.63, 3.8) is 0 Å². The molecule has 0 aliphatic rings. The lowest BCUT2D eigenvalue weighted by Gasteiger charge is -2.11. The van der Waals surface area contributed by atoms with Crippen LogP contribution in [0.1, 0.15) is 20.3 Å². The molecular formula is C20H25ClN2O3. The van der Waals surface area contributed by atoms with E-state index < -0.39 is 0 Å². The monoisotopic (exact) mass is 376 g/mol. The Labute approximate surface area is 159 Å². The molecule has 0 radical (unpaired) electrons. The van der Waals surface area contributed by atoms with Crippen molar-refractivity contribution in [3.05, 3.63) is 47.5 Å². The molecule has 0 atom stereocenters. The Balaban J connectivity index is 1.79. The first kappa shape index (κ1) is 19.9. The average Bonchev–Trinajstić information content (AvgIpc) is 2.61. The number of halogens is 1. The molecule has 6 heteroatoms. The Hall–Kier alpha value is -2.40. The van der Waals surface area contributed by atoms with Crippen LogP contribution in [-0.2, 0) is 4.79 Å². The maximum atomic E-state index is 12.1. The fourth-order valence-electron chi connectivity index (χ4n) is 2.21. The molecule has 2 aromatic carbocycles. The Bertz CT molecular complexity index is 717. The summed E-state index contributed by atoms with van der Waals surface area (Å²) in [6, 6.07) is 12.6. The molecule has 1 amide bonds. The lowest BCUT2D eigenvalue weighted by Crippen LogP contribution is -2.21. The van der Waals surface area contributed by atoms with Gasteiger partial charge in [0.05, 0.1) is 25.3 Å². The minimum Gasteiger partial charge on any atom is -0.495 e. The van der Waals surface area contributed by atoms with E-state index in [0.717, 1.165) is 23.5 Å². The Morgan fingerprint density at radius 1 is 1.12 bits per heavy atom. The van der Waals surface area contributed by atoms with Gasteiger partial charge in [0.2, 0.25) is 5.91 Å². The van der Waals surface area contributed by atoms with Gasteiger partial charge in [0.15, 0.2) is 0 Å². The summed E-state index contributed by atoms with van der Waals surface area (Å²) < 4.78 is 10.8. The van der Waals surface area contributed by atoms with Crippen molar-refractivity contribution in [1.82, 2.24) is 0 Å². The molecule has 0 saturated carbocycles. The average molecular weight is 377 g/mol. The van der Waals surface area contributed by atoms with Gasteiger partial charge in [-0.3, -0.25) is 4.79 Å². The number of methoxy groups -OCH3 is 1. The molecule has 2 rings (SSSR count). The molecule has 2 aromatic rings. The van der Waals surface area contributed by atoms with Crippen LogP contribution in [0.4, 0.5) is 11.4 Å². The van der Waals surface area contributed by atoms with Crippen molar-refractivity contribution in [3.8, 4) is 11.5 Å². The summed E-state index contributed by atoms with van der Waals surface area (Å²) in [6.07, 6.45) is 1.01. The Morgan fingerprint density at radius 3 is 2.42 bits per heavy atom. The molecule has 0 spiro atoms. The van der Waals surface area contributed by atoms with Gasteiger partial charge in [-0.1, -0.05) is 25.4 Å². The van der Waals surface area contributed by atoms with Gasteiger partial charge in [0, 0.05) is 11.4 Å². The third-order valence-corrected chi connectivity index (χ3v) is 4.00. The molecule has 0 saturated heterocycles. The fraction of sp³-hybridized carbons (Fsp3) is 0.350. The van der Waals surface area contributed by atoms with Crippen LogP contribution in [0, 0.1) is 5.92 Å². The molecule has 0 aliphatic heterocycles. The van der Waals surface area contributed by atoms with Crippen LogP contribution < -0.4 is 20.1 Å². The summed E-state index contributed by atoms with van der Waals surface area (Å²) in [4.78, 5) is 12.1. The van der Waals surface area contributed by atoms with Crippen molar-refractivity contribution >= 4 is 28.9 Å². The molecule has 0 bridgehead atoms. The van der Waals surface area contributed by atoms with E-state index in [2.05, 4.69) is 24.5 Å². The zero-order valence-electron chi connectivity index (χ0n) is 15.3. The maximum absolute atomic E-state index is 12.1. The number of anilines is 2. The van der Waals surface area contributed by atoms with Crippen LogP contribution in [0.2, 0.25) is 5.02 Å². The number of carbonyl (C=O) groups excluding carboxylic acids is 1. The third-order valence-electron chi connectivity index (χ3n) is 3.71. The second-order valence-electron chi connectivity index (χ2n) is 6.31. The van der Waals surface area contributed by atoms with Crippen molar-refractivity contribution in [2.75, 3.05) is 30.9 Å². The van der Waals surface area contributed by atoms with Gasteiger partial charge in [-0.25, -0.2) is 0 Å². The molecule has 0 aromatic heterocycles. The highest BCUT2D eigenvalue weighted by atomic mass is 35.5. The highest BCUT2D eigenvalue weighted by Crippen LogP contribution is 2.27. The van der Waals surface area contributed by atoms with Crippen LogP contribution >= 0.6 is 11.6 Å². The largest absolute Gasteiger partial charge is 0.495 e. The van der Waals surface area contributed by atoms with Gasteiger partial charge in [-0.2, -0.15) is 0 Å². The normalized spacial score (nSPS) is 10.5. The van der Waals surface area contributed by atoms with Gasteiger partial charge in [0.25, 0.3) is 0 Å². The van der Waals surface area contributed by atoms with E-state index in [1.165, 1.54) is 0 Å². The van der Waals surface area contributed by atoms with E-state index in [0.29, 0.717) is 23.3 Å². The van der Waals surface area contributed by atoms with Crippen molar-refractivity contribution in [1.29, 1.82) is 0 Å². The topological polar surface area (TPSA) is 59.6 Å². The minimum absolute atomic E-state index is 0.134. The van der Waals surface area contributed by atoms with Crippen molar-refractivity contribution < 1.29 is 14.3 Å². The zero-order chi connectivity index (χ0) is 18.9. The smallest absolute Gasteiger partial charge is 0.243 e. The first-order chi connectivity index (χ1) is 12.5. The number of hydrogen-bond donors (Lipinski definition) is 2. The number of rotatable bonds is 9. The maximum Gasteiger partial charge on any atom is 0.243 e. The molecule has 2 N–H and O–H groups in total. The van der Waals surface area contributed by atoms with E-state index in [1.807, 2.05) is 24.3 Å². The van der Waals surface area contributed by atoms with E-state index in [1.54, 1.807) is 25.3 Å². The molecule has 0 unspecified atom stereocenters. The summed E-state index contributed by atoms with van der Waals surface area (Å²) in [5.74, 6) is 1.86. The van der Waals surface area contributed by atoms with Crippen LogP contribution in [0.15, 0.2) is 42.5 Å². The molecule has 0 aliphatic carbocycles. The Morgan fingerprint density at radius 2 is 1.81 bits per heavy atom. The van der Waals surface area contributed by atoms with Crippen molar-refractivity contribution in [2.45, 2.75) is 20.3 Å². The lowest BCUT2D eigenvalue weighted by molar-refractivity contribution is -0.114. The standard InChI is InChI=1S/C20H25ClN2O3/c1-14(2)10-11-26-17-7-4-15(5-8-17)23-20(24)13-22-16-6-9-19(25-3)18(21)12-16/h4-9,12,14,22H,10-11,13H2,1-3H3,(H,23,24). The molecule has 0 heterocycles. The third kappa shape index (κ3) is 6.48. The van der Waals surface area contributed by atoms with E-state index in [-0.39, 0.29) is 12.5 Å². The summed E-state index contributed by atoms with van der Waals surface area (Å²) >= 11 is 6.07. The molecule has 5 nitrogen and oxygen atoms in total. The summed E-state index contributed by atoms with van der Waals surface area (Å²) in [5.41, 5.74) is 1.47. The molecule has 140 valence electrons. The van der Waals surface area contributed by atoms with E-state index >= 15 is 0 Å². The van der Waals surface area contributed by atoms with Crippen LogP contribution in [-0.4, -0.2) is 26.2 Å². The molecule has 26 heavy (non-hydrogen) atoms. The summed E-state index contributed by atoms with van der Waals surface area (Å²) in [7, 11) is 1.56. The second-order valence-corrected chi connectivity index (χ2v) is 6.71. The first-order valence-electron chi connectivity index (χ1n) is 8.58. The SMILES string of the molecule is COc1ccc(NCC(=O)Nc2ccc(OCCC(C)C)cc2)cc1Cl. The predicted molar refractivity (Wildman–Crippen MR) is 107 cm³/mol. The van der Waals surface area contributed by atoms with Crippen LogP contribution in [0.25, 0.3) is 0 Å². The second kappa shape index (κ2) is 9.92.